The van der Waals surface area contributed by atoms with Crippen LogP contribution in [0.5, 0.6) is 0 Å². The summed E-state index contributed by atoms with van der Waals surface area (Å²) in [7, 11) is 1.32. The Hall–Kier alpha value is -1.16. The van der Waals surface area contributed by atoms with E-state index in [1.807, 2.05) is 0 Å². The first-order chi connectivity index (χ1) is 6.95. The van der Waals surface area contributed by atoms with E-state index in [2.05, 4.69) is 4.74 Å². The predicted octanol–water partition coefficient (Wildman–Crippen LogP) is 0.980. The van der Waals surface area contributed by atoms with E-state index in [4.69, 9.17) is 0 Å². The molecule has 0 bridgehead atoms. The molecule has 0 aromatic rings. The first kappa shape index (κ1) is 11.9. The van der Waals surface area contributed by atoms with Gasteiger partial charge in [0.15, 0.2) is 5.78 Å². The Kier molecular flexibility index (Phi) is 3.63. The fraction of sp³-hybridized carbons (Fsp3) is 0.636. The van der Waals surface area contributed by atoms with Crippen molar-refractivity contribution in [1.82, 2.24) is 0 Å². The van der Waals surface area contributed by atoms with Gasteiger partial charge in [0.25, 0.3) is 0 Å². The number of ketones is 1. The minimum atomic E-state index is -0.956. The Labute approximate surface area is 88.9 Å². The van der Waals surface area contributed by atoms with Crippen LogP contribution in [0.25, 0.3) is 0 Å². The molecule has 0 aliphatic heterocycles. The Bertz CT molecular complexity index is 302. The fourth-order valence-corrected chi connectivity index (χ4v) is 1.63. The zero-order chi connectivity index (χ0) is 11.5. The van der Waals surface area contributed by atoms with Gasteiger partial charge in [-0.15, -0.1) is 0 Å². The first-order valence-corrected chi connectivity index (χ1v) is 4.99. The van der Waals surface area contributed by atoms with Gasteiger partial charge in [0.05, 0.1) is 12.7 Å². The molecule has 0 heterocycles. The molecule has 1 aliphatic carbocycles. The van der Waals surface area contributed by atoms with Gasteiger partial charge >= 0.3 is 5.97 Å². The minimum Gasteiger partial charge on any atom is -0.469 e. The number of carbonyl (C=O) groups excluding carboxylic acids is 2. The topological polar surface area (TPSA) is 63.6 Å². The van der Waals surface area contributed by atoms with Gasteiger partial charge in [0.2, 0.25) is 0 Å². The predicted molar refractivity (Wildman–Crippen MR) is 54.2 cm³/mol. The number of hydrogen-bond donors (Lipinski definition) is 1. The first-order valence-electron chi connectivity index (χ1n) is 4.99. The number of ether oxygens (including phenoxy) is 1. The van der Waals surface area contributed by atoms with Crippen molar-refractivity contribution in [1.29, 1.82) is 0 Å². The molecule has 0 fully saturated rings. The molecule has 15 heavy (non-hydrogen) atoms. The molecular formula is C11H16O4. The highest BCUT2D eigenvalue weighted by Crippen LogP contribution is 2.30. The lowest BCUT2D eigenvalue weighted by atomic mass is 9.82. The van der Waals surface area contributed by atoms with Crippen molar-refractivity contribution in [3.05, 3.63) is 11.6 Å². The SMILES string of the molecule is COC(=O)CCC1=CC(=O)CCC1(C)O. The lowest BCUT2D eigenvalue weighted by Crippen LogP contribution is -2.32. The second kappa shape index (κ2) is 4.57. The van der Waals surface area contributed by atoms with Crippen LogP contribution in [0, 0.1) is 0 Å². The zero-order valence-corrected chi connectivity index (χ0v) is 9.08. The van der Waals surface area contributed by atoms with Gasteiger partial charge in [-0.25, -0.2) is 0 Å². The van der Waals surface area contributed by atoms with Crippen molar-refractivity contribution >= 4 is 11.8 Å². The van der Waals surface area contributed by atoms with Crippen LogP contribution in [0.4, 0.5) is 0 Å². The van der Waals surface area contributed by atoms with E-state index in [1.54, 1.807) is 6.92 Å². The summed E-state index contributed by atoms with van der Waals surface area (Å²) in [5.74, 6) is -0.314. The molecular weight excluding hydrogens is 196 g/mol. The maximum Gasteiger partial charge on any atom is 0.305 e. The molecule has 1 N–H and O–H groups in total. The van der Waals surface area contributed by atoms with Crippen molar-refractivity contribution in [2.45, 2.75) is 38.2 Å². The number of esters is 1. The molecule has 4 heteroatoms. The third-order valence-electron chi connectivity index (χ3n) is 2.71. The van der Waals surface area contributed by atoms with Crippen LogP contribution in [0.2, 0.25) is 0 Å². The number of hydrogen-bond acceptors (Lipinski definition) is 4. The average Bonchev–Trinajstić information content (AvgIpc) is 2.19. The second-order valence-electron chi connectivity index (χ2n) is 3.99. The van der Waals surface area contributed by atoms with Crippen LogP contribution in [-0.4, -0.2) is 29.6 Å². The highest BCUT2D eigenvalue weighted by Gasteiger charge is 2.30. The smallest absolute Gasteiger partial charge is 0.305 e. The van der Waals surface area contributed by atoms with Crippen LogP contribution in [0.15, 0.2) is 11.6 Å². The van der Waals surface area contributed by atoms with Crippen molar-refractivity contribution in [3.8, 4) is 0 Å². The van der Waals surface area contributed by atoms with Gasteiger partial charge in [-0.05, 0) is 31.4 Å². The molecule has 0 aromatic carbocycles. The summed E-state index contributed by atoms with van der Waals surface area (Å²) < 4.78 is 4.50. The maximum absolute atomic E-state index is 11.2. The van der Waals surface area contributed by atoms with Gasteiger partial charge in [-0.3, -0.25) is 9.59 Å². The highest BCUT2D eigenvalue weighted by molar-refractivity contribution is 5.91. The molecule has 1 unspecified atom stereocenters. The zero-order valence-electron chi connectivity index (χ0n) is 9.08. The van der Waals surface area contributed by atoms with Crippen LogP contribution >= 0.6 is 0 Å². The number of allylic oxidation sites excluding steroid dienone is 1. The van der Waals surface area contributed by atoms with Crippen molar-refractivity contribution in [2.75, 3.05) is 7.11 Å². The quantitative estimate of drug-likeness (QED) is 0.708. The van der Waals surface area contributed by atoms with Gasteiger partial charge in [-0.2, -0.15) is 0 Å². The summed E-state index contributed by atoms with van der Waals surface area (Å²) in [4.78, 5) is 22.1. The largest absolute Gasteiger partial charge is 0.469 e. The van der Waals surface area contributed by atoms with Crippen molar-refractivity contribution < 1.29 is 19.4 Å². The van der Waals surface area contributed by atoms with E-state index in [0.717, 1.165) is 0 Å². The third-order valence-corrected chi connectivity index (χ3v) is 2.71. The van der Waals surface area contributed by atoms with Crippen LogP contribution < -0.4 is 0 Å². The maximum atomic E-state index is 11.2. The molecule has 0 saturated heterocycles. The highest BCUT2D eigenvalue weighted by atomic mass is 16.5. The number of methoxy groups -OCH3 is 1. The molecule has 0 amide bonds. The summed E-state index contributed by atoms with van der Waals surface area (Å²) in [6.07, 6.45) is 2.83. The molecule has 0 radical (unpaired) electrons. The Morgan fingerprint density at radius 1 is 1.67 bits per heavy atom. The summed E-state index contributed by atoms with van der Waals surface area (Å²) in [6.45, 7) is 1.67. The number of aliphatic hydroxyl groups is 1. The van der Waals surface area contributed by atoms with Crippen LogP contribution in [0.3, 0.4) is 0 Å². The van der Waals surface area contributed by atoms with Crippen LogP contribution in [0.1, 0.15) is 32.6 Å². The molecule has 0 aromatic heterocycles. The normalized spacial score (nSPS) is 26.1. The average molecular weight is 212 g/mol. The van der Waals surface area contributed by atoms with Gasteiger partial charge in [0, 0.05) is 12.8 Å². The minimum absolute atomic E-state index is 0.0152. The van der Waals surface area contributed by atoms with E-state index < -0.39 is 5.60 Å². The summed E-state index contributed by atoms with van der Waals surface area (Å²) in [5.41, 5.74) is -0.328. The number of rotatable bonds is 3. The van der Waals surface area contributed by atoms with E-state index in [1.165, 1.54) is 13.2 Å². The Morgan fingerprint density at radius 3 is 2.93 bits per heavy atom. The van der Waals surface area contributed by atoms with Crippen molar-refractivity contribution in [2.24, 2.45) is 0 Å². The second-order valence-corrected chi connectivity index (χ2v) is 3.99. The molecule has 0 saturated carbocycles. The van der Waals surface area contributed by atoms with E-state index >= 15 is 0 Å². The van der Waals surface area contributed by atoms with Crippen molar-refractivity contribution in [3.63, 3.8) is 0 Å². The molecule has 1 rings (SSSR count). The summed E-state index contributed by atoms with van der Waals surface area (Å²) >= 11 is 0. The Balaban J connectivity index is 2.65. The third kappa shape index (κ3) is 3.16. The monoisotopic (exact) mass is 212 g/mol. The molecule has 84 valence electrons. The lowest BCUT2D eigenvalue weighted by molar-refractivity contribution is -0.140. The van der Waals surface area contributed by atoms with Gasteiger partial charge in [-0.1, -0.05) is 0 Å². The molecule has 1 atom stereocenters. The summed E-state index contributed by atoms with van der Waals surface area (Å²) in [5, 5.41) is 9.96. The van der Waals surface area contributed by atoms with Gasteiger partial charge < -0.3 is 9.84 Å². The van der Waals surface area contributed by atoms with Crippen LogP contribution in [-0.2, 0) is 14.3 Å². The molecule has 1 aliphatic rings. The molecule has 0 spiro atoms. The summed E-state index contributed by atoms with van der Waals surface area (Å²) in [6, 6.07) is 0. The van der Waals surface area contributed by atoms with Gasteiger partial charge in [0.1, 0.15) is 0 Å². The van der Waals surface area contributed by atoms with E-state index in [0.29, 0.717) is 24.8 Å². The van der Waals surface area contributed by atoms with E-state index in [9.17, 15) is 14.7 Å². The standard InChI is InChI=1S/C11H16O4/c1-11(14)6-5-9(12)7-8(11)3-4-10(13)15-2/h7,14H,3-6H2,1-2H3. The fourth-order valence-electron chi connectivity index (χ4n) is 1.63. The lowest BCUT2D eigenvalue weighted by Gasteiger charge is -2.29. The Morgan fingerprint density at radius 2 is 2.33 bits per heavy atom. The number of carbonyl (C=O) groups is 2. The molecule has 4 nitrogen and oxygen atoms in total. The van der Waals surface area contributed by atoms with E-state index in [-0.39, 0.29) is 18.2 Å².